The van der Waals surface area contributed by atoms with Crippen molar-refractivity contribution in [2.45, 2.75) is 65.1 Å². The van der Waals surface area contributed by atoms with Crippen LogP contribution in [0.5, 0.6) is 0 Å². The van der Waals surface area contributed by atoms with Gasteiger partial charge in [0.15, 0.2) is 0 Å². The summed E-state index contributed by atoms with van der Waals surface area (Å²) in [5.74, 6) is -0.477. The van der Waals surface area contributed by atoms with Crippen LogP contribution in [0.25, 0.3) is 0 Å². The molecule has 6 nitrogen and oxygen atoms in total. The van der Waals surface area contributed by atoms with Crippen molar-refractivity contribution >= 4 is 11.8 Å². The monoisotopic (exact) mass is 299 g/mol. The highest BCUT2D eigenvalue weighted by Gasteiger charge is 2.63. The Hall–Kier alpha value is -1.14. The zero-order valence-electron chi connectivity index (χ0n) is 13.8. The molecular weight excluding hydrogens is 270 g/mol. The first-order chi connectivity index (χ1) is 9.70. The van der Waals surface area contributed by atoms with E-state index in [-0.39, 0.29) is 17.9 Å². The Morgan fingerprint density at radius 1 is 1.38 bits per heavy atom. The number of nitrogens with two attached hydrogens (primary N) is 1. The van der Waals surface area contributed by atoms with Crippen molar-refractivity contribution in [3.63, 3.8) is 0 Å². The second-order valence-electron chi connectivity index (χ2n) is 6.33. The molecule has 0 bridgehead atoms. The summed E-state index contributed by atoms with van der Waals surface area (Å²) in [5, 5.41) is 5.47. The Bertz CT molecular complexity index is 398. The summed E-state index contributed by atoms with van der Waals surface area (Å²) in [6, 6.07) is -0.591. The van der Waals surface area contributed by atoms with E-state index >= 15 is 0 Å². The van der Waals surface area contributed by atoms with Gasteiger partial charge in [-0.1, -0.05) is 20.8 Å². The van der Waals surface area contributed by atoms with Crippen molar-refractivity contribution in [2.75, 3.05) is 13.2 Å². The molecule has 0 heterocycles. The minimum Gasteiger partial charge on any atom is -0.378 e. The number of nitrogens with one attached hydrogen (secondary N) is 2. The van der Waals surface area contributed by atoms with Crippen LogP contribution in [0.4, 0.5) is 0 Å². The number of hydrogen-bond donors (Lipinski definition) is 3. The van der Waals surface area contributed by atoms with Gasteiger partial charge in [0.05, 0.1) is 6.10 Å². The summed E-state index contributed by atoms with van der Waals surface area (Å²) in [6.45, 7) is 10.6. The van der Waals surface area contributed by atoms with E-state index in [2.05, 4.69) is 10.6 Å². The van der Waals surface area contributed by atoms with Gasteiger partial charge in [-0.25, -0.2) is 0 Å². The Balaban J connectivity index is 2.61. The number of carbonyl (C=O) groups excluding carboxylic acids is 2. The van der Waals surface area contributed by atoms with Crippen LogP contribution in [-0.4, -0.2) is 42.7 Å². The lowest BCUT2D eigenvalue weighted by Gasteiger charge is -2.57. The molecule has 0 radical (unpaired) electrons. The van der Waals surface area contributed by atoms with Gasteiger partial charge in [-0.2, -0.15) is 0 Å². The molecule has 0 aromatic heterocycles. The molecule has 3 unspecified atom stereocenters. The molecule has 122 valence electrons. The van der Waals surface area contributed by atoms with Gasteiger partial charge in [-0.05, 0) is 20.3 Å². The van der Waals surface area contributed by atoms with Crippen LogP contribution in [0.15, 0.2) is 0 Å². The molecule has 1 saturated carbocycles. The average molecular weight is 299 g/mol. The van der Waals surface area contributed by atoms with Crippen LogP contribution in [0.2, 0.25) is 0 Å². The topological polar surface area (TPSA) is 93.5 Å². The summed E-state index contributed by atoms with van der Waals surface area (Å²) in [4.78, 5) is 24.2. The van der Waals surface area contributed by atoms with Crippen LogP contribution >= 0.6 is 0 Å². The molecule has 2 amide bonds. The van der Waals surface area contributed by atoms with Crippen molar-refractivity contribution in [1.29, 1.82) is 0 Å². The van der Waals surface area contributed by atoms with E-state index in [1.165, 1.54) is 0 Å². The number of rotatable bonds is 7. The van der Waals surface area contributed by atoms with E-state index in [9.17, 15) is 9.59 Å². The number of amides is 2. The first kappa shape index (κ1) is 17.9. The summed E-state index contributed by atoms with van der Waals surface area (Å²) in [7, 11) is 0. The van der Waals surface area contributed by atoms with E-state index < -0.39 is 17.0 Å². The molecule has 1 rings (SSSR count). The standard InChI is InChI=1S/C15H29N3O3/c1-6-8-17-12(19)10(3)18-13(20)15(16)9-11(21-7-2)14(15,4)5/h10-11H,6-9,16H2,1-5H3,(H,17,19)(H,18,20). The molecule has 21 heavy (non-hydrogen) atoms. The highest BCUT2D eigenvalue weighted by atomic mass is 16.5. The maximum atomic E-state index is 12.4. The number of ether oxygens (including phenoxy) is 1. The average Bonchev–Trinajstić information content (AvgIpc) is 2.43. The van der Waals surface area contributed by atoms with Crippen molar-refractivity contribution in [3.05, 3.63) is 0 Å². The van der Waals surface area contributed by atoms with Crippen LogP contribution in [-0.2, 0) is 14.3 Å². The summed E-state index contributed by atoms with van der Waals surface area (Å²) in [6.07, 6.45) is 1.31. The highest BCUT2D eigenvalue weighted by molar-refractivity contribution is 5.93. The largest absolute Gasteiger partial charge is 0.378 e. The van der Waals surface area contributed by atoms with E-state index in [1.54, 1.807) is 6.92 Å². The highest BCUT2D eigenvalue weighted by Crippen LogP contribution is 2.49. The third kappa shape index (κ3) is 3.37. The van der Waals surface area contributed by atoms with Crippen molar-refractivity contribution in [2.24, 2.45) is 11.1 Å². The van der Waals surface area contributed by atoms with Crippen LogP contribution in [0, 0.1) is 5.41 Å². The SMILES string of the molecule is CCCNC(=O)C(C)NC(=O)C1(N)CC(OCC)C1(C)C. The minimum atomic E-state index is -0.994. The Kier molecular flexibility index (Phi) is 5.75. The third-order valence-corrected chi connectivity index (χ3v) is 4.53. The summed E-state index contributed by atoms with van der Waals surface area (Å²) in [5.41, 5.74) is 4.82. The number of hydrogen-bond acceptors (Lipinski definition) is 4. The fraction of sp³-hybridized carbons (Fsp3) is 0.867. The first-order valence-corrected chi connectivity index (χ1v) is 7.69. The third-order valence-electron chi connectivity index (χ3n) is 4.53. The van der Waals surface area contributed by atoms with Crippen LogP contribution < -0.4 is 16.4 Å². The van der Waals surface area contributed by atoms with E-state index in [0.717, 1.165) is 6.42 Å². The van der Waals surface area contributed by atoms with Gasteiger partial charge in [-0.3, -0.25) is 9.59 Å². The lowest BCUT2D eigenvalue weighted by Crippen LogP contribution is -2.76. The Morgan fingerprint density at radius 3 is 2.48 bits per heavy atom. The molecule has 0 aromatic rings. The van der Waals surface area contributed by atoms with Gasteiger partial charge in [0.25, 0.3) is 0 Å². The Morgan fingerprint density at radius 2 is 2.00 bits per heavy atom. The predicted octanol–water partition coefficient (Wildman–Crippen LogP) is 0.550. The molecule has 0 aromatic carbocycles. The van der Waals surface area contributed by atoms with Crippen LogP contribution in [0.1, 0.15) is 47.5 Å². The summed E-state index contributed by atoms with van der Waals surface area (Å²) >= 11 is 0. The lowest BCUT2D eigenvalue weighted by atomic mass is 9.54. The van der Waals surface area contributed by atoms with Gasteiger partial charge in [0, 0.05) is 25.0 Å². The second-order valence-corrected chi connectivity index (χ2v) is 6.33. The normalized spacial score (nSPS) is 28.4. The molecule has 0 saturated heterocycles. The smallest absolute Gasteiger partial charge is 0.242 e. The quantitative estimate of drug-likeness (QED) is 0.640. The fourth-order valence-corrected chi connectivity index (χ4v) is 2.61. The zero-order chi connectivity index (χ0) is 16.3. The van der Waals surface area contributed by atoms with Crippen molar-refractivity contribution < 1.29 is 14.3 Å². The molecule has 1 aliphatic rings. The maximum Gasteiger partial charge on any atom is 0.242 e. The molecule has 1 aliphatic carbocycles. The Labute approximate surface area is 127 Å². The van der Waals surface area contributed by atoms with Gasteiger partial charge >= 0.3 is 0 Å². The maximum absolute atomic E-state index is 12.4. The fourth-order valence-electron chi connectivity index (χ4n) is 2.61. The molecular formula is C15H29N3O3. The van der Waals surface area contributed by atoms with Gasteiger partial charge < -0.3 is 21.1 Å². The lowest BCUT2D eigenvalue weighted by molar-refractivity contribution is -0.171. The number of carbonyl (C=O) groups is 2. The predicted molar refractivity (Wildman–Crippen MR) is 81.6 cm³/mol. The first-order valence-electron chi connectivity index (χ1n) is 7.69. The zero-order valence-corrected chi connectivity index (χ0v) is 13.8. The van der Waals surface area contributed by atoms with Gasteiger partial charge in [0.2, 0.25) is 11.8 Å². The molecule has 0 aliphatic heterocycles. The van der Waals surface area contributed by atoms with Gasteiger partial charge in [-0.15, -0.1) is 0 Å². The van der Waals surface area contributed by atoms with Gasteiger partial charge in [0.1, 0.15) is 11.6 Å². The molecule has 1 fully saturated rings. The van der Waals surface area contributed by atoms with Crippen molar-refractivity contribution in [3.8, 4) is 0 Å². The second kappa shape index (κ2) is 6.75. The molecule has 6 heteroatoms. The van der Waals surface area contributed by atoms with E-state index in [4.69, 9.17) is 10.5 Å². The molecule has 4 N–H and O–H groups in total. The summed E-state index contributed by atoms with van der Waals surface area (Å²) < 4.78 is 5.60. The molecule has 3 atom stereocenters. The van der Waals surface area contributed by atoms with Crippen LogP contribution in [0.3, 0.4) is 0 Å². The van der Waals surface area contributed by atoms with E-state index in [1.807, 2.05) is 27.7 Å². The minimum absolute atomic E-state index is 0.0255. The molecule has 0 spiro atoms. The van der Waals surface area contributed by atoms with E-state index in [0.29, 0.717) is 19.6 Å². The van der Waals surface area contributed by atoms with Crippen molar-refractivity contribution in [1.82, 2.24) is 10.6 Å².